The molecule has 2 heterocycles. The van der Waals surface area contributed by atoms with E-state index >= 15 is 0 Å². The molecule has 4 nitrogen and oxygen atoms in total. The molecule has 1 amide bonds. The van der Waals surface area contributed by atoms with Crippen LogP contribution < -0.4 is 10.6 Å². The topological polar surface area (TPSA) is 44.4 Å². The Labute approximate surface area is 171 Å². The van der Waals surface area contributed by atoms with E-state index in [1.807, 2.05) is 29.3 Å². The van der Waals surface area contributed by atoms with E-state index in [0.717, 1.165) is 17.0 Å². The first-order valence-corrected chi connectivity index (χ1v) is 10.5. The Morgan fingerprint density at radius 3 is 2.66 bits per heavy atom. The number of halogens is 1. The first kappa shape index (κ1) is 18.5. The summed E-state index contributed by atoms with van der Waals surface area (Å²) in [6, 6.07) is 6.56. The van der Waals surface area contributed by atoms with Gasteiger partial charge < -0.3 is 15.5 Å². The minimum absolute atomic E-state index is 0.00795. The van der Waals surface area contributed by atoms with Gasteiger partial charge in [0.05, 0.1) is 11.4 Å². The molecule has 4 atom stereocenters. The van der Waals surface area contributed by atoms with Gasteiger partial charge in [0.2, 0.25) is 0 Å². The molecule has 0 radical (unpaired) electrons. The van der Waals surface area contributed by atoms with Gasteiger partial charge in [0, 0.05) is 12.2 Å². The molecule has 5 heteroatoms. The fourth-order valence-corrected chi connectivity index (χ4v) is 6.10. The number of hydrogen-bond acceptors (Lipinski definition) is 3. The van der Waals surface area contributed by atoms with E-state index in [0.29, 0.717) is 5.92 Å². The van der Waals surface area contributed by atoms with E-state index < -0.39 is 6.17 Å². The molecule has 2 aliphatic carbocycles. The van der Waals surface area contributed by atoms with Crippen LogP contribution in [0.3, 0.4) is 0 Å². The lowest BCUT2D eigenvalue weighted by molar-refractivity contribution is -0.128. The van der Waals surface area contributed by atoms with Gasteiger partial charge in [0.25, 0.3) is 5.91 Å². The molecule has 5 rings (SSSR count). The van der Waals surface area contributed by atoms with E-state index in [-0.39, 0.29) is 28.6 Å². The Hall–Kier alpha value is -2.56. The van der Waals surface area contributed by atoms with Crippen LogP contribution in [0.25, 0.3) is 5.70 Å². The molecule has 2 saturated carbocycles. The highest BCUT2D eigenvalue weighted by atomic mass is 19.1. The summed E-state index contributed by atoms with van der Waals surface area (Å²) in [5, 5.41) is 6.80. The van der Waals surface area contributed by atoms with Crippen molar-refractivity contribution in [1.82, 2.24) is 15.5 Å². The zero-order chi connectivity index (χ0) is 20.4. The van der Waals surface area contributed by atoms with Gasteiger partial charge in [-0.2, -0.15) is 0 Å². The van der Waals surface area contributed by atoms with Crippen LogP contribution in [-0.4, -0.2) is 23.0 Å². The Morgan fingerprint density at radius 2 is 1.97 bits per heavy atom. The van der Waals surface area contributed by atoms with Gasteiger partial charge in [-0.1, -0.05) is 26.8 Å². The van der Waals surface area contributed by atoms with Crippen LogP contribution in [0.2, 0.25) is 0 Å². The van der Waals surface area contributed by atoms with Crippen molar-refractivity contribution in [3.8, 4) is 0 Å². The lowest BCUT2D eigenvalue weighted by Gasteiger charge is -2.43. The zero-order valence-electron chi connectivity index (χ0n) is 17.2. The molecule has 2 fully saturated rings. The highest BCUT2D eigenvalue weighted by Crippen LogP contribution is 2.62. The summed E-state index contributed by atoms with van der Waals surface area (Å²) in [5.74, 6) is 0.399. The maximum absolute atomic E-state index is 13.4. The molecule has 29 heavy (non-hydrogen) atoms. The van der Waals surface area contributed by atoms with E-state index in [1.54, 1.807) is 12.1 Å². The Bertz CT molecular complexity index is 941. The lowest BCUT2D eigenvalue weighted by atomic mass is 9.68. The number of nitrogens with zero attached hydrogens (tertiary/aromatic N) is 1. The van der Waals surface area contributed by atoms with Crippen LogP contribution in [0.1, 0.15) is 45.6 Å². The molecule has 152 valence electrons. The Morgan fingerprint density at radius 1 is 1.21 bits per heavy atom. The average Bonchev–Trinajstić information content (AvgIpc) is 3.33. The fourth-order valence-electron chi connectivity index (χ4n) is 6.10. The first-order chi connectivity index (χ1) is 13.8. The van der Waals surface area contributed by atoms with Gasteiger partial charge in [-0.3, -0.25) is 4.79 Å². The Kier molecular flexibility index (Phi) is 3.96. The molecule has 0 saturated heterocycles. The number of rotatable bonds is 3. The van der Waals surface area contributed by atoms with Crippen LogP contribution in [0.15, 0.2) is 54.4 Å². The standard InChI is InChI=1S/C24H28FN3O/c1-23(2)16-11-12-24(3,14-16)22(23)27-21(29)20-26-19(15-7-9-17(25)10-8-15)18-6-4-5-13-28(18)20/h4-10,13,16,20,22,26H,11-12,14H2,1-3H3,(H,27,29)/t16-,20?,22+,24+/m1/s1. The third kappa shape index (κ3) is 2.74. The molecule has 2 bridgehead atoms. The number of carbonyl (C=O) groups excluding carboxylic acids is 1. The second-order valence-corrected chi connectivity index (χ2v) is 9.78. The number of carbonyl (C=O) groups is 1. The molecular formula is C24H28FN3O. The van der Waals surface area contributed by atoms with Gasteiger partial charge >= 0.3 is 0 Å². The van der Waals surface area contributed by atoms with E-state index in [1.165, 1.54) is 31.4 Å². The van der Waals surface area contributed by atoms with Gasteiger partial charge in [0.1, 0.15) is 5.82 Å². The molecule has 2 aliphatic heterocycles. The SMILES string of the molecule is CC1(C)[C@@H]2CC[C@@](C)(C2)[C@H]1NC(=O)C1NC(c2ccc(F)cc2)=C2C=CC=CN21. The lowest BCUT2D eigenvalue weighted by Crippen LogP contribution is -2.58. The van der Waals surface area contributed by atoms with Crippen LogP contribution in [0.5, 0.6) is 0 Å². The first-order valence-electron chi connectivity index (χ1n) is 10.5. The summed E-state index contributed by atoms with van der Waals surface area (Å²) in [7, 11) is 0. The predicted octanol–water partition coefficient (Wildman–Crippen LogP) is 4.14. The number of fused-ring (bicyclic) bond motifs is 3. The summed E-state index contributed by atoms with van der Waals surface area (Å²) in [6.07, 6.45) is 10.9. The highest BCUT2D eigenvalue weighted by molar-refractivity contribution is 5.88. The van der Waals surface area contributed by atoms with Crippen molar-refractivity contribution in [3.05, 3.63) is 65.8 Å². The molecule has 2 N–H and O–H groups in total. The molecule has 0 aromatic heterocycles. The summed E-state index contributed by atoms with van der Waals surface area (Å²) in [4.78, 5) is 15.4. The minimum atomic E-state index is -0.509. The second kappa shape index (κ2) is 6.22. The zero-order valence-corrected chi connectivity index (χ0v) is 17.2. The van der Waals surface area contributed by atoms with Gasteiger partial charge in [-0.05, 0) is 78.0 Å². The molecule has 0 spiro atoms. The molecular weight excluding hydrogens is 365 g/mol. The van der Waals surface area contributed by atoms with Crippen LogP contribution in [0, 0.1) is 22.6 Å². The molecule has 1 aromatic rings. The maximum Gasteiger partial charge on any atom is 0.264 e. The monoisotopic (exact) mass is 393 g/mol. The van der Waals surface area contributed by atoms with E-state index in [2.05, 4.69) is 31.4 Å². The van der Waals surface area contributed by atoms with Crippen molar-refractivity contribution in [2.75, 3.05) is 0 Å². The normalized spacial score (nSPS) is 33.8. The van der Waals surface area contributed by atoms with Gasteiger partial charge in [0.15, 0.2) is 6.17 Å². The fraction of sp³-hybridized carbons (Fsp3) is 0.458. The third-order valence-corrected chi connectivity index (χ3v) is 7.64. The molecule has 4 aliphatic rings. The quantitative estimate of drug-likeness (QED) is 0.811. The van der Waals surface area contributed by atoms with Crippen molar-refractivity contribution in [3.63, 3.8) is 0 Å². The van der Waals surface area contributed by atoms with Crippen LogP contribution >= 0.6 is 0 Å². The smallest absolute Gasteiger partial charge is 0.264 e. The van der Waals surface area contributed by atoms with Crippen molar-refractivity contribution in [1.29, 1.82) is 0 Å². The third-order valence-electron chi connectivity index (χ3n) is 7.64. The minimum Gasteiger partial charge on any atom is -0.355 e. The van der Waals surface area contributed by atoms with Crippen molar-refractivity contribution < 1.29 is 9.18 Å². The predicted molar refractivity (Wildman–Crippen MR) is 112 cm³/mol. The van der Waals surface area contributed by atoms with Crippen molar-refractivity contribution >= 4 is 11.6 Å². The summed E-state index contributed by atoms with van der Waals surface area (Å²) in [6.45, 7) is 6.92. The summed E-state index contributed by atoms with van der Waals surface area (Å²) < 4.78 is 13.4. The van der Waals surface area contributed by atoms with Crippen molar-refractivity contribution in [2.45, 2.75) is 52.2 Å². The Balaban J connectivity index is 1.41. The number of nitrogens with one attached hydrogen (secondary N) is 2. The number of amides is 1. The highest BCUT2D eigenvalue weighted by Gasteiger charge is 2.60. The van der Waals surface area contributed by atoms with Crippen molar-refractivity contribution in [2.24, 2.45) is 16.7 Å². The number of allylic oxidation sites excluding steroid dienone is 3. The van der Waals surface area contributed by atoms with Crippen LogP contribution in [-0.2, 0) is 4.79 Å². The number of hydrogen-bond donors (Lipinski definition) is 2. The molecule has 1 unspecified atom stereocenters. The largest absolute Gasteiger partial charge is 0.355 e. The number of benzene rings is 1. The van der Waals surface area contributed by atoms with Gasteiger partial charge in [-0.15, -0.1) is 0 Å². The van der Waals surface area contributed by atoms with Gasteiger partial charge in [-0.25, -0.2) is 4.39 Å². The second-order valence-electron chi connectivity index (χ2n) is 9.78. The average molecular weight is 394 g/mol. The summed E-state index contributed by atoms with van der Waals surface area (Å²) >= 11 is 0. The van der Waals surface area contributed by atoms with E-state index in [4.69, 9.17) is 0 Å². The summed E-state index contributed by atoms with van der Waals surface area (Å²) in [5.41, 5.74) is 2.93. The maximum atomic E-state index is 13.4. The van der Waals surface area contributed by atoms with Crippen LogP contribution in [0.4, 0.5) is 4.39 Å². The van der Waals surface area contributed by atoms with E-state index in [9.17, 15) is 9.18 Å². The molecule has 1 aromatic carbocycles.